The van der Waals surface area contributed by atoms with Crippen molar-refractivity contribution < 1.29 is 0 Å². The molecular weight excluding hydrogens is 312 g/mol. The van der Waals surface area contributed by atoms with Crippen LogP contribution in [0.2, 0.25) is 0 Å². The lowest BCUT2D eigenvalue weighted by Crippen LogP contribution is -1.96. The van der Waals surface area contributed by atoms with Crippen molar-refractivity contribution in [3.63, 3.8) is 0 Å². The molecule has 0 saturated heterocycles. The van der Waals surface area contributed by atoms with E-state index in [0.29, 0.717) is 5.92 Å². The van der Waals surface area contributed by atoms with Gasteiger partial charge in [-0.2, -0.15) is 0 Å². The molecule has 1 aliphatic rings. The van der Waals surface area contributed by atoms with Crippen molar-refractivity contribution in [2.24, 2.45) is 0 Å². The van der Waals surface area contributed by atoms with E-state index in [9.17, 15) is 0 Å². The molecule has 3 heteroatoms. The maximum atomic E-state index is 4.95. The third kappa shape index (κ3) is 2.89. The Morgan fingerprint density at radius 2 is 1.88 bits per heavy atom. The predicted molar refractivity (Wildman–Crippen MR) is 101 cm³/mol. The third-order valence-corrected chi connectivity index (χ3v) is 5.92. The Labute approximate surface area is 147 Å². The summed E-state index contributed by atoms with van der Waals surface area (Å²) in [4.78, 5) is 9.32. The van der Waals surface area contributed by atoms with Gasteiger partial charge in [0.25, 0.3) is 0 Å². The molecular formula is C21H22N2S. The van der Waals surface area contributed by atoms with Crippen LogP contribution in [0.15, 0.2) is 42.0 Å². The van der Waals surface area contributed by atoms with Gasteiger partial charge < -0.3 is 0 Å². The normalized spacial score (nSPS) is 15.1. The highest BCUT2D eigenvalue weighted by molar-refractivity contribution is 7.13. The van der Waals surface area contributed by atoms with Gasteiger partial charge >= 0.3 is 0 Å². The summed E-state index contributed by atoms with van der Waals surface area (Å²) >= 11 is 1.73. The summed E-state index contributed by atoms with van der Waals surface area (Å²) in [6.45, 7) is 4.29. The number of benzene rings is 1. The first-order valence-electron chi connectivity index (χ1n) is 8.70. The quantitative estimate of drug-likeness (QED) is 0.574. The first kappa shape index (κ1) is 15.5. The van der Waals surface area contributed by atoms with Gasteiger partial charge in [-0.1, -0.05) is 36.6 Å². The van der Waals surface area contributed by atoms with Crippen molar-refractivity contribution in [3.8, 4) is 21.8 Å². The molecule has 1 saturated carbocycles. The second kappa shape index (κ2) is 6.48. The summed E-state index contributed by atoms with van der Waals surface area (Å²) in [5.74, 6) is 0.677. The molecule has 24 heavy (non-hydrogen) atoms. The molecule has 1 fully saturated rings. The predicted octanol–water partition coefficient (Wildman–Crippen LogP) is 6.15. The topological polar surface area (TPSA) is 25.8 Å². The highest BCUT2D eigenvalue weighted by Gasteiger charge is 2.21. The lowest BCUT2D eigenvalue weighted by atomic mass is 9.94. The van der Waals surface area contributed by atoms with Crippen molar-refractivity contribution in [2.45, 2.75) is 45.4 Å². The fourth-order valence-corrected chi connectivity index (χ4v) is 4.65. The summed E-state index contributed by atoms with van der Waals surface area (Å²) in [6, 6.07) is 8.77. The van der Waals surface area contributed by atoms with Gasteiger partial charge in [-0.05, 0) is 49.8 Å². The van der Waals surface area contributed by atoms with Crippen molar-refractivity contribution in [1.82, 2.24) is 9.97 Å². The highest BCUT2D eigenvalue weighted by Crippen LogP contribution is 2.40. The summed E-state index contributed by atoms with van der Waals surface area (Å²) in [5.41, 5.74) is 7.55. The third-order valence-electron chi connectivity index (χ3n) is 5.04. The molecule has 0 bridgehead atoms. The number of hydrogen-bond donors (Lipinski definition) is 0. The lowest BCUT2D eigenvalue weighted by molar-refractivity contribution is 0.723. The van der Waals surface area contributed by atoms with E-state index >= 15 is 0 Å². The Morgan fingerprint density at radius 3 is 2.67 bits per heavy atom. The minimum atomic E-state index is 0.677. The Balaban J connectivity index is 1.73. The minimum absolute atomic E-state index is 0.677. The first-order valence-corrected chi connectivity index (χ1v) is 9.58. The molecule has 1 aliphatic carbocycles. The molecule has 122 valence electrons. The van der Waals surface area contributed by atoms with Gasteiger partial charge in [-0.25, -0.2) is 4.98 Å². The molecule has 1 aromatic carbocycles. The van der Waals surface area contributed by atoms with Gasteiger partial charge in [0.1, 0.15) is 5.01 Å². The van der Waals surface area contributed by atoms with Gasteiger partial charge in [0.15, 0.2) is 0 Å². The average molecular weight is 334 g/mol. The van der Waals surface area contributed by atoms with Crippen LogP contribution in [0.1, 0.15) is 48.3 Å². The molecule has 0 aliphatic heterocycles. The van der Waals surface area contributed by atoms with Gasteiger partial charge in [0, 0.05) is 28.9 Å². The van der Waals surface area contributed by atoms with Gasteiger partial charge in [-0.15, -0.1) is 11.3 Å². The number of nitrogens with zero attached hydrogens (tertiary/aromatic N) is 2. The fourth-order valence-electron chi connectivity index (χ4n) is 3.80. The van der Waals surface area contributed by atoms with Crippen LogP contribution in [-0.4, -0.2) is 9.97 Å². The summed E-state index contributed by atoms with van der Waals surface area (Å²) in [6.07, 6.45) is 9.21. The average Bonchev–Trinajstić information content (AvgIpc) is 3.27. The number of pyridine rings is 1. The van der Waals surface area contributed by atoms with E-state index in [0.717, 1.165) is 10.7 Å². The van der Waals surface area contributed by atoms with Crippen molar-refractivity contribution >= 4 is 11.3 Å². The standard InChI is InChI=1S/C21H22N2S/c1-14-7-8-17(15(2)11-14)20-13-24-21(23-20)19-12-22-10-9-18(19)16-5-3-4-6-16/h7-13,16H,3-6H2,1-2H3. The molecule has 0 amide bonds. The molecule has 2 aromatic heterocycles. The molecule has 0 N–H and O–H groups in total. The molecule has 2 heterocycles. The smallest absolute Gasteiger partial charge is 0.125 e. The molecule has 0 atom stereocenters. The van der Waals surface area contributed by atoms with Crippen LogP contribution in [0.25, 0.3) is 21.8 Å². The van der Waals surface area contributed by atoms with Crippen LogP contribution < -0.4 is 0 Å². The van der Waals surface area contributed by atoms with Crippen LogP contribution in [0, 0.1) is 13.8 Å². The van der Waals surface area contributed by atoms with E-state index in [4.69, 9.17) is 4.98 Å². The summed E-state index contributed by atoms with van der Waals surface area (Å²) in [5, 5.41) is 3.28. The second-order valence-electron chi connectivity index (χ2n) is 6.80. The maximum Gasteiger partial charge on any atom is 0.125 e. The molecule has 0 spiro atoms. The number of aromatic nitrogens is 2. The van der Waals surface area contributed by atoms with Crippen LogP contribution in [0.3, 0.4) is 0 Å². The van der Waals surface area contributed by atoms with Gasteiger partial charge in [-0.3, -0.25) is 4.98 Å². The lowest BCUT2D eigenvalue weighted by Gasteiger charge is -2.13. The zero-order chi connectivity index (χ0) is 16.5. The highest BCUT2D eigenvalue weighted by atomic mass is 32.1. The summed E-state index contributed by atoms with van der Waals surface area (Å²) in [7, 11) is 0. The minimum Gasteiger partial charge on any atom is -0.264 e. The van der Waals surface area contributed by atoms with Crippen molar-refractivity contribution in [2.75, 3.05) is 0 Å². The van der Waals surface area contributed by atoms with Crippen LogP contribution in [0.5, 0.6) is 0 Å². The first-order chi connectivity index (χ1) is 11.7. The summed E-state index contributed by atoms with van der Waals surface area (Å²) < 4.78 is 0. The van der Waals surface area contributed by atoms with Crippen LogP contribution >= 0.6 is 11.3 Å². The Hall–Kier alpha value is -2.00. The number of rotatable bonds is 3. The number of aryl methyl sites for hydroxylation is 2. The Morgan fingerprint density at radius 1 is 1.04 bits per heavy atom. The number of thiazole rings is 1. The second-order valence-corrected chi connectivity index (χ2v) is 7.66. The van der Waals surface area contributed by atoms with E-state index < -0.39 is 0 Å². The van der Waals surface area contributed by atoms with E-state index in [1.807, 2.05) is 12.4 Å². The maximum absolute atomic E-state index is 4.95. The van der Waals surface area contributed by atoms with Crippen LogP contribution in [-0.2, 0) is 0 Å². The van der Waals surface area contributed by atoms with E-state index in [1.54, 1.807) is 11.3 Å². The zero-order valence-electron chi connectivity index (χ0n) is 14.2. The SMILES string of the molecule is Cc1ccc(-c2csc(-c3cnccc3C3CCCC3)n2)c(C)c1. The van der Waals surface area contributed by atoms with Crippen molar-refractivity contribution in [3.05, 3.63) is 58.7 Å². The van der Waals surface area contributed by atoms with Gasteiger partial charge in [0.05, 0.1) is 5.69 Å². The van der Waals surface area contributed by atoms with E-state index in [2.05, 4.69) is 48.5 Å². The van der Waals surface area contributed by atoms with Crippen molar-refractivity contribution in [1.29, 1.82) is 0 Å². The fraction of sp³-hybridized carbons (Fsp3) is 0.333. The Bertz CT molecular complexity index is 860. The van der Waals surface area contributed by atoms with E-state index in [1.165, 1.54) is 53.5 Å². The van der Waals surface area contributed by atoms with Crippen LogP contribution in [0.4, 0.5) is 0 Å². The zero-order valence-corrected chi connectivity index (χ0v) is 15.1. The molecule has 0 radical (unpaired) electrons. The molecule has 2 nitrogen and oxygen atoms in total. The van der Waals surface area contributed by atoms with E-state index in [-0.39, 0.29) is 0 Å². The molecule has 3 aromatic rings. The van der Waals surface area contributed by atoms with Gasteiger partial charge in [0.2, 0.25) is 0 Å². The Kier molecular flexibility index (Phi) is 4.19. The molecule has 4 rings (SSSR count). The molecule has 0 unspecified atom stereocenters. The largest absolute Gasteiger partial charge is 0.264 e. The number of hydrogen-bond acceptors (Lipinski definition) is 3. The monoisotopic (exact) mass is 334 g/mol.